The number of nitrogens with zero attached hydrogens (tertiary/aromatic N) is 1. The summed E-state index contributed by atoms with van der Waals surface area (Å²) in [6.45, 7) is 6.83. The molecule has 1 aliphatic rings. The first-order chi connectivity index (χ1) is 10.1. The average Bonchev–Trinajstić information content (AvgIpc) is 2.97. The zero-order valence-electron chi connectivity index (χ0n) is 13.3. The van der Waals surface area contributed by atoms with E-state index in [0.29, 0.717) is 4.99 Å². The minimum absolute atomic E-state index is 0.492. The van der Waals surface area contributed by atoms with Gasteiger partial charge in [-0.15, -0.1) is 0 Å². The standard InChI is InChI=1S/C18H28N2S/c1-14(2)10-11-20(17-8-3-4-9-17)13-15-6-5-7-16(12-15)18(19)21/h5-7,12,14,17H,3-4,8-11,13H2,1-2H3,(H2,19,21). The summed E-state index contributed by atoms with van der Waals surface area (Å²) in [6, 6.07) is 9.18. The van der Waals surface area contributed by atoms with Crippen LogP contribution in [-0.4, -0.2) is 22.5 Å². The lowest BCUT2D eigenvalue weighted by molar-refractivity contribution is 0.179. The molecule has 3 heteroatoms. The highest BCUT2D eigenvalue weighted by Crippen LogP contribution is 2.25. The summed E-state index contributed by atoms with van der Waals surface area (Å²) in [5.41, 5.74) is 8.07. The van der Waals surface area contributed by atoms with E-state index < -0.39 is 0 Å². The molecule has 0 radical (unpaired) electrons. The molecule has 0 amide bonds. The second kappa shape index (κ2) is 7.90. The smallest absolute Gasteiger partial charge is 0.103 e. The fraction of sp³-hybridized carbons (Fsp3) is 0.611. The van der Waals surface area contributed by atoms with Gasteiger partial charge in [0.25, 0.3) is 0 Å². The minimum Gasteiger partial charge on any atom is -0.389 e. The van der Waals surface area contributed by atoms with Crippen LogP contribution in [0.4, 0.5) is 0 Å². The van der Waals surface area contributed by atoms with Crippen molar-refractivity contribution in [2.45, 2.75) is 58.5 Å². The van der Waals surface area contributed by atoms with Crippen LogP contribution in [0.3, 0.4) is 0 Å². The maximum atomic E-state index is 5.75. The molecule has 1 aromatic rings. The Morgan fingerprint density at radius 2 is 2.05 bits per heavy atom. The molecule has 1 aliphatic carbocycles. The Balaban J connectivity index is 2.06. The largest absolute Gasteiger partial charge is 0.389 e. The first-order valence-electron chi connectivity index (χ1n) is 8.19. The summed E-state index contributed by atoms with van der Waals surface area (Å²) in [4.78, 5) is 3.16. The van der Waals surface area contributed by atoms with Gasteiger partial charge < -0.3 is 5.73 Å². The average molecular weight is 305 g/mol. The van der Waals surface area contributed by atoms with Crippen molar-refractivity contribution in [3.05, 3.63) is 35.4 Å². The summed E-state index contributed by atoms with van der Waals surface area (Å²) >= 11 is 5.09. The molecule has 0 heterocycles. The van der Waals surface area contributed by atoms with Crippen LogP contribution >= 0.6 is 12.2 Å². The van der Waals surface area contributed by atoms with Crippen LogP contribution in [0, 0.1) is 5.92 Å². The molecule has 1 aromatic carbocycles. The number of rotatable bonds is 7. The van der Waals surface area contributed by atoms with Crippen molar-refractivity contribution in [2.75, 3.05) is 6.54 Å². The molecule has 2 nitrogen and oxygen atoms in total. The van der Waals surface area contributed by atoms with E-state index in [-0.39, 0.29) is 0 Å². The predicted molar refractivity (Wildman–Crippen MR) is 94.5 cm³/mol. The highest BCUT2D eigenvalue weighted by molar-refractivity contribution is 7.80. The number of hydrogen-bond donors (Lipinski definition) is 1. The Morgan fingerprint density at radius 1 is 1.33 bits per heavy atom. The Bertz CT molecular complexity index is 464. The summed E-state index contributed by atoms with van der Waals surface area (Å²) in [5.74, 6) is 0.761. The third kappa shape index (κ3) is 5.08. The van der Waals surface area contributed by atoms with Gasteiger partial charge in [-0.2, -0.15) is 0 Å². The lowest BCUT2D eigenvalue weighted by Gasteiger charge is -2.29. The van der Waals surface area contributed by atoms with Gasteiger partial charge in [0, 0.05) is 18.2 Å². The second-order valence-corrected chi connectivity index (χ2v) is 7.10. The van der Waals surface area contributed by atoms with Gasteiger partial charge in [0.1, 0.15) is 4.99 Å². The molecule has 21 heavy (non-hydrogen) atoms. The Morgan fingerprint density at radius 3 is 2.67 bits per heavy atom. The number of thiocarbonyl (C=S) groups is 1. The van der Waals surface area contributed by atoms with Crippen LogP contribution in [0.25, 0.3) is 0 Å². The third-order valence-electron chi connectivity index (χ3n) is 4.43. The molecular formula is C18H28N2S. The summed E-state index contributed by atoms with van der Waals surface area (Å²) in [5, 5.41) is 0. The molecule has 2 rings (SSSR count). The summed E-state index contributed by atoms with van der Waals surface area (Å²) < 4.78 is 0. The lowest BCUT2D eigenvalue weighted by atomic mass is 10.1. The maximum absolute atomic E-state index is 5.75. The number of nitrogens with two attached hydrogens (primary N) is 1. The predicted octanol–water partition coefficient (Wildman–Crippen LogP) is 4.11. The van der Waals surface area contributed by atoms with Crippen LogP contribution in [-0.2, 0) is 6.54 Å². The van der Waals surface area contributed by atoms with Crippen molar-refractivity contribution in [2.24, 2.45) is 11.7 Å². The Hall–Kier alpha value is -0.930. The monoisotopic (exact) mass is 304 g/mol. The van der Waals surface area contributed by atoms with Crippen LogP contribution in [0.1, 0.15) is 57.1 Å². The molecule has 0 saturated heterocycles. The van der Waals surface area contributed by atoms with Gasteiger partial charge in [0.2, 0.25) is 0 Å². The molecular weight excluding hydrogens is 276 g/mol. The molecule has 1 fully saturated rings. The second-order valence-electron chi connectivity index (χ2n) is 6.66. The third-order valence-corrected chi connectivity index (χ3v) is 4.67. The van der Waals surface area contributed by atoms with E-state index in [9.17, 15) is 0 Å². The van der Waals surface area contributed by atoms with Gasteiger partial charge in [-0.25, -0.2) is 0 Å². The molecule has 2 N–H and O–H groups in total. The van der Waals surface area contributed by atoms with E-state index in [1.807, 2.05) is 6.07 Å². The number of benzene rings is 1. The minimum atomic E-state index is 0.492. The topological polar surface area (TPSA) is 29.3 Å². The molecule has 0 bridgehead atoms. The summed E-state index contributed by atoms with van der Waals surface area (Å²) in [7, 11) is 0. The van der Waals surface area contributed by atoms with E-state index in [1.54, 1.807) is 0 Å². The Kier molecular flexibility index (Phi) is 6.19. The highest BCUT2D eigenvalue weighted by atomic mass is 32.1. The van der Waals surface area contributed by atoms with Crippen LogP contribution in [0.15, 0.2) is 24.3 Å². The lowest BCUT2D eigenvalue weighted by Crippen LogP contribution is -2.34. The molecule has 116 valence electrons. The van der Waals surface area contributed by atoms with E-state index in [1.165, 1.54) is 44.2 Å². The first-order valence-corrected chi connectivity index (χ1v) is 8.60. The van der Waals surface area contributed by atoms with Crippen molar-refractivity contribution < 1.29 is 0 Å². The number of hydrogen-bond acceptors (Lipinski definition) is 2. The van der Waals surface area contributed by atoms with Gasteiger partial charge in [0.15, 0.2) is 0 Å². The van der Waals surface area contributed by atoms with Crippen molar-refractivity contribution in [3.8, 4) is 0 Å². The normalized spacial score (nSPS) is 16.0. The Labute approximate surface area is 134 Å². The van der Waals surface area contributed by atoms with Gasteiger partial charge >= 0.3 is 0 Å². The zero-order chi connectivity index (χ0) is 15.2. The fourth-order valence-corrected chi connectivity index (χ4v) is 3.27. The van der Waals surface area contributed by atoms with Crippen molar-refractivity contribution in [1.29, 1.82) is 0 Å². The van der Waals surface area contributed by atoms with E-state index in [2.05, 4.69) is 36.9 Å². The van der Waals surface area contributed by atoms with Gasteiger partial charge in [-0.3, -0.25) is 4.90 Å². The van der Waals surface area contributed by atoms with E-state index in [0.717, 1.165) is 24.1 Å². The van der Waals surface area contributed by atoms with E-state index in [4.69, 9.17) is 18.0 Å². The van der Waals surface area contributed by atoms with Crippen LogP contribution in [0.5, 0.6) is 0 Å². The SMILES string of the molecule is CC(C)CCN(Cc1cccc(C(N)=S)c1)C1CCCC1. The summed E-state index contributed by atoms with van der Waals surface area (Å²) in [6.07, 6.45) is 6.75. The molecule has 0 unspecified atom stereocenters. The molecule has 0 spiro atoms. The maximum Gasteiger partial charge on any atom is 0.103 e. The molecule has 0 aliphatic heterocycles. The van der Waals surface area contributed by atoms with Crippen LogP contribution in [0.2, 0.25) is 0 Å². The van der Waals surface area contributed by atoms with Gasteiger partial charge in [-0.05, 0) is 43.4 Å². The van der Waals surface area contributed by atoms with Gasteiger partial charge in [0.05, 0.1) is 0 Å². The zero-order valence-corrected chi connectivity index (χ0v) is 14.2. The molecule has 1 saturated carbocycles. The molecule has 0 aromatic heterocycles. The van der Waals surface area contributed by atoms with E-state index >= 15 is 0 Å². The first kappa shape index (κ1) is 16.4. The fourth-order valence-electron chi connectivity index (χ4n) is 3.14. The van der Waals surface area contributed by atoms with Crippen molar-refractivity contribution >= 4 is 17.2 Å². The molecule has 0 atom stereocenters. The van der Waals surface area contributed by atoms with Crippen molar-refractivity contribution in [1.82, 2.24) is 4.90 Å². The quantitative estimate of drug-likeness (QED) is 0.769. The van der Waals surface area contributed by atoms with Gasteiger partial charge in [-0.1, -0.05) is 57.1 Å². The van der Waals surface area contributed by atoms with Crippen molar-refractivity contribution in [3.63, 3.8) is 0 Å². The highest BCUT2D eigenvalue weighted by Gasteiger charge is 2.22. The van der Waals surface area contributed by atoms with Crippen LogP contribution < -0.4 is 5.73 Å².